The van der Waals surface area contributed by atoms with E-state index in [0.29, 0.717) is 43.7 Å². The summed E-state index contributed by atoms with van der Waals surface area (Å²) in [5.74, 6) is 0.664. The molecule has 2 saturated heterocycles. The van der Waals surface area contributed by atoms with Crippen LogP contribution in [0.4, 0.5) is 0 Å². The van der Waals surface area contributed by atoms with Gasteiger partial charge in [-0.3, -0.25) is 14.6 Å². The molecule has 0 spiro atoms. The van der Waals surface area contributed by atoms with Crippen LogP contribution in [-0.4, -0.2) is 82.7 Å². The van der Waals surface area contributed by atoms with Gasteiger partial charge in [0.15, 0.2) is 15.7 Å². The van der Waals surface area contributed by atoms with Crippen molar-refractivity contribution in [2.75, 3.05) is 31.1 Å². The quantitative estimate of drug-likeness (QED) is 0.714. The van der Waals surface area contributed by atoms with Crippen molar-refractivity contribution < 1.29 is 22.8 Å². The molecule has 2 aliphatic heterocycles. The van der Waals surface area contributed by atoms with Crippen LogP contribution in [0.15, 0.2) is 4.52 Å². The number of carboxylic acids is 1. The van der Waals surface area contributed by atoms with E-state index in [1.54, 1.807) is 4.90 Å². The molecule has 0 amide bonds. The Kier molecular flexibility index (Phi) is 5.12. The molecular formula is C15H24N4O5S. The Hall–Kier alpha value is -1.52. The number of nitrogens with zero attached hydrogens (tertiary/aromatic N) is 4. The zero-order chi connectivity index (χ0) is 18.2. The summed E-state index contributed by atoms with van der Waals surface area (Å²) in [6.45, 7) is 5.52. The molecular weight excluding hydrogens is 348 g/mol. The van der Waals surface area contributed by atoms with Crippen molar-refractivity contribution in [3.05, 3.63) is 11.7 Å². The first kappa shape index (κ1) is 18.3. The zero-order valence-electron chi connectivity index (χ0n) is 14.5. The molecule has 0 bridgehead atoms. The molecule has 9 nitrogen and oxygen atoms in total. The van der Waals surface area contributed by atoms with E-state index in [-0.39, 0.29) is 30.1 Å². The maximum absolute atomic E-state index is 12.1. The topological polar surface area (TPSA) is 117 Å². The van der Waals surface area contributed by atoms with Gasteiger partial charge in [-0.2, -0.15) is 4.98 Å². The zero-order valence-corrected chi connectivity index (χ0v) is 15.3. The summed E-state index contributed by atoms with van der Waals surface area (Å²) in [4.78, 5) is 19.2. The van der Waals surface area contributed by atoms with Crippen molar-refractivity contribution >= 4 is 15.8 Å². The lowest BCUT2D eigenvalue weighted by molar-refractivity contribution is -0.139. The molecule has 1 aromatic rings. The molecule has 0 unspecified atom stereocenters. The molecule has 10 heteroatoms. The van der Waals surface area contributed by atoms with Gasteiger partial charge in [0, 0.05) is 31.6 Å². The number of piperazine rings is 1. The van der Waals surface area contributed by atoms with E-state index in [1.807, 2.05) is 4.90 Å². The van der Waals surface area contributed by atoms with E-state index in [2.05, 4.69) is 24.0 Å². The summed E-state index contributed by atoms with van der Waals surface area (Å²) in [5, 5.41) is 13.1. The first-order valence-corrected chi connectivity index (χ1v) is 10.3. The molecule has 25 heavy (non-hydrogen) atoms. The van der Waals surface area contributed by atoms with Gasteiger partial charge in [-0.25, -0.2) is 8.42 Å². The number of aromatic nitrogens is 2. The number of sulfone groups is 1. The number of rotatable bonds is 6. The van der Waals surface area contributed by atoms with Crippen LogP contribution in [-0.2, 0) is 27.6 Å². The third kappa shape index (κ3) is 4.36. The second-order valence-corrected chi connectivity index (χ2v) is 9.40. The van der Waals surface area contributed by atoms with Gasteiger partial charge in [0.25, 0.3) is 0 Å². The lowest BCUT2D eigenvalue weighted by Gasteiger charge is -2.42. The normalized spacial score (nSPS) is 26.8. The summed E-state index contributed by atoms with van der Waals surface area (Å²) in [6, 6.07) is -0.526. The lowest BCUT2D eigenvalue weighted by Crippen LogP contribution is -2.59. The van der Waals surface area contributed by atoms with Crippen molar-refractivity contribution in [3.63, 3.8) is 0 Å². The summed E-state index contributed by atoms with van der Waals surface area (Å²) in [5.41, 5.74) is 0. The van der Waals surface area contributed by atoms with Crippen molar-refractivity contribution in [2.45, 2.75) is 38.9 Å². The van der Waals surface area contributed by atoms with Gasteiger partial charge in [-0.15, -0.1) is 0 Å². The molecule has 3 rings (SSSR count). The highest BCUT2D eigenvalue weighted by Crippen LogP contribution is 2.27. The van der Waals surface area contributed by atoms with Crippen LogP contribution in [0.5, 0.6) is 0 Å². The SMILES string of the molecule is CC(C)Cc1nc(CN2CCN(CC(=O)O)[C@@H]3CS(=O)(=O)C[C@@H]32)no1. The maximum Gasteiger partial charge on any atom is 0.317 e. The van der Waals surface area contributed by atoms with Gasteiger partial charge in [-0.05, 0) is 5.92 Å². The Labute approximate surface area is 146 Å². The van der Waals surface area contributed by atoms with Gasteiger partial charge in [0.2, 0.25) is 5.89 Å². The molecule has 0 aromatic carbocycles. The predicted octanol–water partition coefficient (Wildman–Crippen LogP) is -0.364. The summed E-state index contributed by atoms with van der Waals surface area (Å²) >= 11 is 0. The minimum atomic E-state index is -3.17. The first-order valence-electron chi connectivity index (χ1n) is 8.45. The summed E-state index contributed by atoms with van der Waals surface area (Å²) < 4.78 is 29.5. The molecule has 1 aromatic heterocycles. The first-order chi connectivity index (χ1) is 11.7. The van der Waals surface area contributed by atoms with Crippen LogP contribution >= 0.6 is 0 Å². The number of carbonyl (C=O) groups is 1. The largest absolute Gasteiger partial charge is 0.480 e. The predicted molar refractivity (Wildman–Crippen MR) is 88.7 cm³/mol. The second-order valence-electron chi connectivity index (χ2n) is 7.25. The number of fused-ring (bicyclic) bond motifs is 1. The maximum atomic E-state index is 12.1. The molecule has 2 aliphatic rings. The van der Waals surface area contributed by atoms with E-state index in [0.717, 1.165) is 0 Å². The molecule has 0 aliphatic carbocycles. The molecule has 2 fully saturated rings. The number of hydrogen-bond acceptors (Lipinski definition) is 8. The third-order valence-electron chi connectivity index (χ3n) is 4.68. The van der Waals surface area contributed by atoms with Crippen LogP contribution in [0.25, 0.3) is 0 Å². The van der Waals surface area contributed by atoms with E-state index < -0.39 is 15.8 Å². The Morgan fingerprint density at radius 3 is 2.56 bits per heavy atom. The lowest BCUT2D eigenvalue weighted by atomic mass is 10.0. The second kappa shape index (κ2) is 7.00. The monoisotopic (exact) mass is 372 g/mol. The summed E-state index contributed by atoms with van der Waals surface area (Å²) in [7, 11) is -3.17. The number of aliphatic carboxylic acids is 1. The standard InChI is InChI=1S/C15H24N4O5S/c1-10(2)5-14-16-13(17-24-14)6-18-3-4-19(7-15(20)21)12-9-25(22,23)8-11(12)18/h10-12H,3-9H2,1-2H3,(H,20,21)/t11-,12+/m0/s1. The van der Waals surface area contributed by atoms with Gasteiger partial charge >= 0.3 is 5.97 Å². The van der Waals surface area contributed by atoms with Crippen LogP contribution < -0.4 is 0 Å². The number of hydrogen-bond donors (Lipinski definition) is 1. The molecule has 0 radical (unpaired) electrons. The molecule has 1 N–H and O–H groups in total. The van der Waals surface area contributed by atoms with Crippen LogP contribution in [0, 0.1) is 5.92 Å². The Balaban J connectivity index is 1.72. The van der Waals surface area contributed by atoms with E-state index in [4.69, 9.17) is 9.63 Å². The van der Waals surface area contributed by atoms with Crippen molar-refractivity contribution in [1.29, 1.82) is 0 Å². The minimum absolute atomic E-state index is 0.00624. The van der Waals surface area contributed by atoms with Gasteiger partial charge in [0.1, 0.15) is 0 Å². The van der Waals surface area contributed by atoms with Crippen LogP contribution in [0.3, 0.4) is 0 Å². The van der Waals surface area contributed by atoms with E-state index >= 15 is 0 Å². The van der Waals surface area contributed by atoms with Gasteiger partial charge < -0.3 is 9.63 Å². The smallest absolute Gasteiger partial charge is 0.317 e. The molecule has 3 heterocycles. The number of carboxylic acid groups (broad SMARTS) is 1. The average molecular weight is 372 g/mol. The van der Waals surface area contributed by atoms with Crippen LogP contribution in [0.2, 0.25) is 0 Å². The van der Waals surface area contributed by atoms with Crippen molar-refractivity contribution in [3.8, 4) is 0 Å². The fourth-order valence-corrected chi connectivity index (χ4v) is 5.67. The van der Waals surface area contributed by atoms with E-state index in [9.17, 15) is 13.2 Å². The molecule has 0 saturated carbocycles. The van der Waals surface area contributed by atoms with Gasteiger partial charge in [0.05, 0.1) is 24.6 Å². The van der Waals surface area contributed by atoms with E-state index in [1.165, 1.54) is 0 Å². The molecule has 2 atom stereocenters. The average Bonchev–Trinajstić information content (AvgIpc) is 3.04. The van der Waals surface area contributed by atoms with Crippen molar-refractivity contribution in [2.24, 2.45) is 5.92 Å². The minimum Gasteiger partial charge on any atom is -0.480 e. The fraction of sp³-hybridized carbons (Fsp3) is 0.800. The third-order valence-corrected chi connectivity index (χ3v) is 6.38. The Morgan fingerprint density at radius 2 is 1.92 bits per heavy atom. The summed E-state index contributed by atoms with van der Waals surface area (Å²) in [6.07, 6.45) is 0.708. The fourth-order valence-electron chi connectivity index (χ4n) is 3.63. The molecule has 140 valence electrons. The highest BCUT2D eigenvalue weighted by molar-refractivity contribution is 7.91. The Bertz CT molecular complexity index is 732. The van der Waals surface area contributed by atoms with Crippen molar-refractivity contribution in [1.82, 2.24) is 19.9 Å². The van der Waals surface area contributed by atoms with Crippen LogP contribution in [0.1, 0.15) is 25.6 Å². The van der Waals surface area contributed by atoms with Gasteiger partial charge in [-0.1, -0.05) is 19.0 Å². The Morgan fingerprint density at radius 1 is 1.28 bits per heavy atom. The highest BCUT2D eigenvalue weighted by atomic mass is 32.2. The highest BCUT2D eigenvalue weighted by Gasteiger charge is 2.47.